The highest BCUT2D eigenvalue weighted by molar-refractivity contribution is 5.71. The SMILES string of the molecule is CCCN(CC1CCOCC1)C1COCC1C(=O)O. The smallest absolute Gasteiger partial charge is 0.310 e. The van der Waals surface area contributed by atoms with Crippen molar-refractivity contribution < 1.29 is 19.4 Å². The molecule has 0 aliphatic carbocycles. The fourth-order valence-corrected chi connectivity index (χ4v) is 3.08. The van der Waals surface area contributed by atoms with E-state index in [9.17, 15) is 9.90 Å². The zero-order valence-electron chi connectivity index (χ0n) is 11.7. The van der Waals surface area contributed by atoms with E-state index in [1.807, 2.05) is 0 Å². The summed E-state index contributed by atoms with van der Waals surface area (Å²) in [5.74, 6) is -0.461. The van der Waals surface area contributed by atoms with Crippen LogP contribution in [0.2, 0.25) is 0 Å². The lowest BCUT2D eigenvalue weighted by Crippen LogP contribution is -2.46. The molecule has 110 valence electrons. The number of carboxylic acids is 1. The average molecular weight is 271 g/mol. The third-order valence-corrected chi connectivity index (χ3v) is 4.18. The van der Waals surface area contributed by atoms with E-state index in [0.29, 0.717) is 19.1 Å². The Balaban J connectivity index is 1.95. The number of carboxylic acid groups (broad SMARTS) is 1. The van der Waals surface area contributed by atoms with E-state index in [1.165, 1.54) is 0 Å². The third-order valence-electron chi connectivity index (χ3n) is 4.18. The second-order valence-corrected chi connectivity index (χ2v) is 5.60. The fourth-order valence-electron chi connectivity index (χ4n) is 3.08. The summed E-state index contributed by atoms with van der Waals surface area (Å²) < 4.78 is 10.8. The van der Waals surface area contributed by atoms with E-state index >= 15 is 0 Å². The highest BCUT2D eigenvalue weighted by Gasteiger charge is 2.38. The number of aliphatic carboxylic acids is 1. The van der Waals surface area contributed by atoms with Gasteiger partial charge in [-0.05, 0) is 31.7 Å². The molecule has 5 nitrogen and oxygen atoms in total. The van der Waals surface area contributed by atoms with Crippen LogP contribution in [0.3, 0.4) is 0 Å². The van der Waals surface area contributed by atoms with Crippen LogP contribution in [0, 0.1) is 11.8 Å². The van der Waals surface area contributed by atoms with Gasteiger partial charge in [-0.3, -0.25) is 9.69 Å². The van der Waals surface area contributed by atoms with Crippen LogP contribution in [0.4, 0.5) is 0 Å². The van der Waals surface area contributed by atoms with Crippen molar-refractivity contribution in [2.45, 2.75) is 32.2 Å². The quantitative estimate of drug-likeness (QED) is 0.787. The minimum Gasteiger partial charge on any atom is -0.481 e. The van der Waals surface area contributed by atoms with Gasteiger partial charge in [0.1, 0.15) is 0 Å². The third kappa shape index (κ3) is 3.91. The van der Waals surface area contributed by atoms with Gasteiger partial charge in [-0.25, -0.2) is 0 Å². The molecule has 2 atom stereocenters. The van der Waals surface area contributed by atoms with E-state index in [0.717, 1.165) is 45.6 Å². The van der Waals surface area contributed by atoms with Crippen molar-refractivity contribution in [2.75, 3.05) is 39.5 Å². The molecule has 2 aliphatic rings. The Kier molecular flexibility index (Phi) is 5.60. The number of hydrogen-bond acceptors (Lipinski definition) is 4. The fraction of sp³-hybridized carbons (Fsp3) is 0.929. The average Bonchev–Trinajstić information content (AvgIpc) is 2.89. The summed E-state index contributed by atoms with van der Waals surface area (Å²) in [7, 11) is 0. The van der Waals surface area contributed by atoms with Crippen LogP contribution in [0.15, 0.2) is 0 Å². The summed E-state index contributed by atoms with van der Waals surface area (Å²) in [6.07, 6.45) is 3.23. The van der Waals surface area contributed by atoms with Crippen LogP contribution in [-0.2, 0) is 14.3 Å². The molecule has 5 heteroatoms. The highest BCUT2D eigenvalue weighted by Crippen LogP contribution is 2.24. The predicted octanol–water partition coefficient (Wildman–Crippen LogP) is 1.22. The molecule has 0 radical (unpaired) electrons. The summed E-state index contributed by atoms with van der Waals surface area (Å²) in [6, 6.07) is 0.0419. The van der Waals surface area contributed by atoms with Crippen LogP contribution < -0.4 is 0 Å². The maximum Gasteiger partial charge on any atom is 0.310 e. The standard InChI is InChI=1S/C14H25NO4/c1-2-5-15(8-11-3-6-18-7-4-11)13-10-19-9-12(13)14(16)17/h11-13H,2-10H2,1H3,(H,16,17). The van der Waals surface area contributed by atoms with E-state index in [1.54, 1.807) is 0 Å². The van der Waals surface area contributed by atoms with Crippen molar-refractivity contribution in [1.82, 2.24) is 4.90 Å². The Morgan fingerprint density at radius 3 is 2.63 bits per heavy atom. The van der Waals surface area contributed by atoms with Crippen molar-refractivity contribution in [3.05, 3.63) is 0 Å². The van der Waals surface area contributed by atoms with Gasteiger partial charge in [0.05, 0.1) is 19.1 Å². The minimum absolute atomic E-state index is 0.0419. The minimum atomic E-state index is -0.726. The number of nitrogens with zero attached hydrogens (tertiary/aromatic N) is 1. The van der Waals surface area contributed by atoms with Crippen LogP contribution in [0.25, 0.3) is 0 Å². The second kappa shape index (κ2) is 7.22. The van der Waals surface area contributed by atoms with Crippen molar-refractivity contribution in [2.24, 2.45) is 11.8 Å². The molecule has 0 amide bonds. The normalized spacial score (nSPS) is 28.9. The largest absolute Gasteiger partial charge is 0.481 e. The van der Waals surface area contributed by atoms with Gasteiger partial charge in [-0.1, -0.05) is 6.92 Å². The maximum atomic E-state index is 11.3. The van der Waals surface area contributed by atoms with E-state index in [4.69, 9.17) is 9.47 Å². The molecule has 0 saturated carbocycles. The van der Waals surface area contributed by atoms with Gasteiger partial charge in [-0.2, -0.15) is 0 Å². The molecule has 1 N–H and O–H groups in total. The Bertz CT molecular complexity index is 291. The van der Waals surface area contributed by atoms with Gasteiger partial charge < -0.3 is 14.6 Å². The summed E-state index contributed by atoms with van der Waals surface area (Å²) >= 11 is 0. The summed E-state index contributed by atoms with van der Waals surface area (Å²) in [4.78, 5) is 13.6. The van der Waals surface area contributed by atoms with Gasteiger partial charge in [-0.15, -0.1) is 0 Å². The monoisotopic (exact) mass is 271 g/mol. The molecule has 0 aromatic heterocycles. The molecule has 0 aromatic rings. The first-order valence-electron chi connectivity index (χ1n) is 7.34. The number of hydrogen-bond donors (Lipinski definition) is 1. The Morgan fingerprint density at radius 1 is 1.26 bits per heavy atom. The van der Waals surface area contributed by atoms with E-state index in [2.05, 4.69) is 11.8 Å². The van der Waals surface area contributed by atoms with E-state index < -0.39 is 5.97 Å². The van der Waals surface area contributed by atoms with Gasteiger partial charge in [0.15, 0.2) is 0 Å². The molecule has 0 bridgehead atoms. The molecule has 2 aliphatic heterocycles. The highest BCUT2D eigenvalue weighted by atomic mass is 16.5. The lowest BCUT2D eigenvalue weighted by Gasteiger charge is -2.34. The molecular formula is C14H25NO4. The van der Waals surface area contributed by atoms with Crippen molar-refractivity contribution in [3.63, 3.8) is 0 Å². The first-order valence-corrected chi connectivity index (χ1v) is 7.34. The van der Waals surface area contributed by atoms with Gasteiger partial charge in [0, 0.05) is 25.8 Å². The number of rotatable bonds is 6. The first-order chi connectivity index (χ1) is 9.22. The van der Waals surface area contributed by atoms with Crippen LogP contribution in [0.5, 0.6) is 0 Å². The van der Waals surface area contributed by atoms with Gasteiger partial charge in [0.2, 0.25) is 0 Å². The Morgan fingerprint density at radius 2 is 2.00 bits per heavy atom. The van der Waals surface area contributed by atoms with Gasteiger partial charge in [0.25, 0.3) is 0 Å². The molecule has 2 unspecified atom stereocenters. The van der Waals surface area contributed by atoms with Crippen LogP contribution in [0.1, 0.15) is 26.2 Å². The summed E-state index contributed by atoms with van der Waals surface area (Å²) in [6.45, 7) is 6.67. The zero-order chi connectivity index (χ0) is 13.7. The molecule has 2 heterocycles. The van der Waals surface area contributed by atoms with Crippen LogP contribution in [-0.4, -0.2) is 61.5 Å². The number of carbonyl (C=O) groups is 1. The first kappa shape index (κ1) is 14.8. The molecular weight excluding hydrogens is 246 g/mol. The van der Waals surface area contributed by atoms with Crippen LogP contribution >= 0.6 is 0 Å². The molecule has 19 heavy (non-hydrogen) atoms. The van der Waals surface area contributed by atoms with E-state index in [-0.39, 0.29) is 12.0 Å². The van der Waals surface area contributed by atoms with Crippen molar-refractivity contribution >= 4 is 5.97 Å². The molecule has 2 saturated heterocycles. The lowest BCUT2D eigenvalue weighted by atomic mass is 9.96. The molecule has 0 spiro atoms. The second-order valence-electron chi connectivity index (χ2n) is 5.60. The predicted molar refractivity (Wildman–Crippen MR) is 71.1 cm³/mol. The van der Waals surface area contributed by atoms with Crippen molar-refractivity contribution in [1.29, 1.82) is 0 Å². The zero-order valence-corrected chi connectivity index (χ0v) is 11.7. The topological polar surface area (TPSA) is 59.0 Å². The number of ether oxygens (including phenoxy) is 2. The molecule has 2 fully saturated rings. The summed E-state index contributed by atoms with van der Waals surface area (Å²) in [5, 5.41) is 9.28. The van der Waals surface area contributed by atoms with Crippen molar-refractivity contribution in [3.8, 4) is 0 Å². The summed E-state index contributed by atoms with van der Waals surface area (Å²) in [5.41, 5.74) is 0. The molecule has 2 rings (SSSR count). The Labute approximate surface area is 114 Å². The van der Waals surface area contributed by atoms with Gasteiger partial charge >= 0.3 is 5.97 Å². The molecule has 0 aromatic carbocycles. The Hall–Kier alpha value is -0.650. The maximum absolute atomic E-state index is 11.3. The lowest BCUT2D eigenvalue weighted by molar-refractivity contribution is -0.143.